The minimum atomic E-state index is -0.959. The molecule has 106 valence electrons. The summed E-state index contributed by atoms with van der Waals surface area (Å²) in [6.45, 7) is 0. The predicted molar refractivity (Wildman–Crippen MR) is 80.3 cm³/mol. The fraction of sp³-hybridized carbons (Fsp3) is 0.333. The van der Waals surface area contributed by atoms with Crippen molar-refractivity contribution in [3.05, 3.63) is 35.9 Å². The summed E-state index contributed by atoms with van der Waals surface area (Å²) in [5, 5.41) is 17.0. The van der Waals surface area contributed by atoms with Gasteiger partial charge in [0.1, 0.15) is 6.04 Å². The van der Waals surface area contributed by atoms with Gasteiger partial charge in [0.2, 0.25) is 0 Å². The van der Waals surface area contributed by atoms with Gasteiger partial charge in [-0.25, -0.2) is 0 Å². The molecule has 7 heteroatoms. The average Bonchev–Trinajstić information content (AvgIpc) is 2.39. The van der Waals surface area contributed by atoms with Crippen LogP contribution in [0.4, 0.5) is 0 Å². The number of aliphatic carboxylic acids is 1. The Morgan fingerprint density at radius 1 is 1.21 bits per heavy atom. The molecule has 0 heterocycles. The predicted octanol–water partition coefficient (Wildman–Crippen LogP) is -0.445. The number of aliphatic hydroxyl groups excluding tert-OH is 1. The Hall–Kier alpha value is -0.851. The van der Waals surface area contributed by atoms with Crippen LogP contribution in [0.15, 0.2) is 30.3 Å². The van der Waals surface area contributed by atoms with Crippen molar-refractivity contribution in [1.82, 2.24) is 0 Å². The fourth-order valence-electron chi connectivity index (χ4n) is 1.03. The molecular formula is C12H18N2O3SSe. The van der Waals surface area contributed by atoms with E-state index in [1.54, 1.807) is 0 Å². The van der Waals surface area contributed by atoms with Gasteiger partial charge in [-0.3, -0.25) is 4.79 Å². The summed E-state index contributed by atoms with van der Waals surface area (Å²) in [7, 11) is 0. The van der Waals surface area contributed by atoms with Gasteiger partial charge < -0.3 is 10.8 Å². The van der Waals surface area contributed by atoms with E-state index in [1.165, 1.54) is 0 Å². The molecule has 0 radical (unpaired) electrons. The Morgan fingerprint density at radius 2 is 1.74 bits per heavy atom. The molecule has 0 aliphatic carbocycles. The Kier molecular flexibility index (Phi) is 9.55. The Bertz CT molecular complexity index is 403. The molecule has 0 aliphatic heterocycles. The number of hydrogen-bond acceptors (Lipinski definition) is 5. The molecule has 19 heavy (non-hydrogen) atoms. The molecule has 0 bridgehead atoms. The summed E-state index contributed by atoms with van der Waals surface area (Å²) in [5.41, 5.74) is 11.5. The summed E-state index contributed by atoms with van der Waals surface area (Å²) >= 11 is 6.22. The SMILES string of the molecule is NC(CS)C(O)=[Se].NC(Cc1ccccc1)C(=O)O. The molecular weight excluding hydrogens is 331 g/mol. The van der Waals surface area contributed by atoms with E-state index in [2.05, 4.69) is 28.2 Å². The molecule has 0 amide bonds. The third-order valence-electron chi connectivity index (χ3n) is 2.13. The maximum absolute atomic E-state index is 10.4. The van der Waals surface area contributed by atoms with Crippen LogP contribution in [0.25, 0.3) is 0 Å². The van der Waals surface area contributed by atoms with E-state index in [-0.39, 0.29) is 10.6 Å². The van der Waals surface area contributed by atoms with Crippen LogP contribution < -0.4 is 11.5 Å². The van der Waals surface area contributed by atoms with E-state index in [0.717, 1.165) is 5.56 Å². The normalized spacial score (nSPS) is 12.8. The maximum Gasteiger partial charge on any atom is 0.320 e. The van der Waals surface area contributed by atoms with E-state index < -0.39 is 12.0 Å². The number of thiol groups is 1. The van der Waals surface area contributed by atoms with Crippen molar-refractivity contribution in [1.29, 1.82) is 0 Å². The van der Waals surface area contributed by atoms with Gasteiger partial charge in [0.05, 0.1) is 0 Å². The first-order valence-corrected chi connectivity index (χ1v) is 6.99. The fourth-order valence-corrected chi connectivity index (χ4v) is 1.66. The molecule has 2 atom stereocenters. The van der Waals surface area contributed by atoms with Crippen molar-refractivity contribution in [2.45, 2.75) is 18.5 Å². The van der Waals surface area contributed by atoms with Gasteiger partial charge in [-0.15, -0.1) is 0 Å². The van der Waals surface area contributed by atoms with E-state index in [4.69, 9.17) is 21.7 Å². The zero-order valence-electron chi connectivity index (χ0n) is 10.3. The third-order valence-corrected chi connectivity index (χ3v) is 3.16. The first kappa shape index (κ1) is 18.1. The number of benzene rings is 1. The van der Waals surface area contributed by atoms with E-state index in [1.807, 2.05) is 30.3 Å². The summed E-state index contributed by atoms with van der Waals surface area (Å²) in [6.07, 6.45) is 0.385. The van der Waals surface area contributed by atoms with Gasteiger partial charge in [-0.2, -0.15) is 0 Å². The quantitative estimate of drug-likeness (QED) is 0.366. The van der Waals surface area contributed by atoms with Gasteiger partial charge >= 0.3 is 61.4 Å². The van der Waals surface area contributed by atoms with Crippen LogP contribution in [0.3, 0.4) is 0 Å². The van der Waals surface area contributed by atoms with Crippen LogP contribution in [0.5, 0.6) is 0 Å². The molecule has 0 spiro atoms. The molecule has 1 aromatic rings. The van der Waals surface area contributed by atoms with Crippen LogP contribution in [-0.2, 0) is 11.2 Å². The van der Waals surface area contributed by atoms with Gasteiger partial charge in [-0.1, -0.05) is 30.3 Å². The summed E-state index contributed by atoms with van der Waals surface area (Å²) in [5.74, 6) is -0.488. The summed E-state index contributed by atoms with van der Waals surface area (Å²) in [4.78, 5) is 10.4. The monoisotopic (exact) mass is 350 g/mol. The van der Waals surface area contributed by atoms with Crippen molar-refractivity contribution in [2.75, 3.05) is 5.75 Å². The van der Waals surface area contributed by atoms with Crippen LogP contribution >= 0.6 is 12.6 Å². The molecule has 0 saturated carbocycles. The van der Waals surface area contributed by atoms with Gasteiger partial charge in [0.15, 0.2) is 0 Å². The molecule has 0 saturated heterocycles. The van der Waals surface area contributed by atoms with Crippen molar-refractivity contribution < 1.29 is 15.0 Å². The molecule has 0 fully saturated rings. The van der Waals surface area contributed by atoms with E-state index in [0.29, 0.717) is 12.2 Å². The second kappa shape index (κ2) is 10.00. The van der Waals surface area contributed by atoms with Crippen LogP contribution in [0.1, 0.15) is 5.56 Å². The zero-order valence-corrected chi connectivity index (χ0v) is 12.9. The van der Waals surface area contributed by atoms with Crippen LogP contribution in [0.2, 0.25) is 0 Å². The summed E-state index contributed by atoms with van der Waals surface area (Å²) in [6, 6.07) is 8.23. The first-order valence-electron chi connectivity index (χ1n) is 5.50. The van der Waals surface area contributed by atoms with Crippen molar-refractivity contribution >= 4 is 38.8 Å². The number of carboxylic acid groups (broad SMARTS) is 1. The minimum absolute atomic E-state index is 0.120. The zero-order chi connectivity index (χ0) is 14.8. The van der Waals surface area contributed by atoms with Gasteiger partial charge in [0.25, 0.3) is 0 Å². The third kappa shape index (κ3) is 8.80. The largest absolute Gasteiger partial charge is 0.480 e. The van der Waals surface area contributed by atoms with Crippen LogP contribution in [-0.4, -0.2) is 54.2 Å². The second-order valence-corrected chi connectivity index (χ2v) is 5.00. The Morgan fingerprint density at radius 3 is 2.05 bits per heavy atom. The number of hydrogen-bond donors (Lipinski definition) is 5. The summed E-state index contributed by atoms with van der Waals surface area (Å²) < 4.78 is 0.120. The van der Waals surface area contributed by atoms with Crippen molar-refractivity contribution in [2.24, 2.45) is 11.5 Å². The molecule has 6 N–H and O–H groups in total. The average molecular weight is 349 g/mol. The number of rotatable bonds is 5. The maximum atomic E-state index is 10.4. The number of nitrogens with two attached hydrogens (primary N) is 2. The van der Waals surface area contributed by atoms with Gasteiger partial charge in [-0.05, 0) is 12.0 Å². The molecule has 1 aromatic carbocycles. The standard InChI is InChI=1S/C9H11NO2.C3H7NOSSe/c10-8(9(11)12)6-7-4-2-1-3-5-7;4-2(1-6)3(5)7/h1-5,8H,6,10H2,(H,11,12);2,6H,1,4H2,(H,5,7). The van der Waals surface area contributed by atoms with Gasteiger partial charge in [0, 0.05) is 0 Å². The number of aliphatic hydroxyl groups is 1. The van der Waals surface area contributed by atoms with Crippen molar-refractivity contribution in [3.63, 3.8) is 0 Å². The second-order valence-electron chi connectivity index (χ2n) is 3.76. The molecule has 2 unspecified atom stereocenters. The smallest absolute Gasteiger partial charge is 0.320 e. The van der Waals surface area contributed by atoms with E-state index >= 15 is 0 Å². The van der Waals surface area contributed by atoms with E-state index in [9.17, 15) is 4.79 Å². The number of carbonyl (C=O) groups is 1. The Balaban J connectivity index is 0.000000399. The Labute approximate surface area is 125 Å². The topological polar surface area (TPSA) is 110 Å². The molecule has 0 aromatic heterocycles. The van der Waals surface area contributed by atoms with Crippen molar-refractivity contribution in [3.8, 4) is 0 Å². The number of carboxylic acids is 1. The first-order chi connectivity index (χ1) is 8.88. The molecule has 0 aliphatic rings. The minimum Gasteiger partial charge on any atom is -0.480 e. The van der Waals surface area contributed by atoms with Crippen LogP contribution in [0, 0.1) is 0 Å². The molecule has 5 nitrogen and oxygen atoms in total. The molecule has 1 rings (SSSR count).